The van der Waals surface area contributed by atoms with E-state index in [1.54, 1.807) is 25.3 Å². The molecule has 2 aromatic heterocycles. The van der Waals surface area contributed by atoms with Crippen LogP contribution in [0, 0.1) is 6.92 Å². The maximum atomic E-state index is 12.9. The Morgan fingerprint density at radius 2 is 2.03 bits per heavy atom. The SMILES string of the molecule is Cc1nc(CSc2ccccc2C(=O)Nc2ncc(Cc3cccc(Cl)c3Cl)s2)no1. The summed E-state index contributed by atoms with van der Waals surface area (Å²) in [6.07, 6.45) is 2.32. The fraction of sp³-hybridized carbons (Fsp3) is 0.143. The highest BCUT2D eigenvalue weighted by molar-refractivity contribution is 7.98. The number of nitrogens with one attached hydrogen (secondary N) is 1. The molecule has 0 spiro atoms. The molecule has 0 radical (unpaired) electrons. The summed E-state index contributed by atoms with van der Waals surface area (Å²) in [5.74, 6) is 1.37. The third-order valence-corrected chi connectivity index (χ3v) is 7.07. The van der Waals surface area contributed by atoms with Crippen molar-refractivity contribution in [1.82, 2.24) is 15.1 Å². The van der Waals surface area contributed by atoms with Gasteiger partial charge >= 0.3 is 0 Å². The van der Waals surface area contributed by atoms with Gasteiger partial charge in [-0.15, -0.1) is 23.1 Å². The van der Waals surface area contributed by atoms with Crippen LogP contribution in [0.5, 0.6) is 0 Å². The zero-order valence-electron chi connectivity index (χ0n) is 16.3. The van der Waals surface area contributed by atoms with Crippen molar-refractivity contribution in [3.8, 4) is 0 Å². The fourth-order valence-electron chi connectivity index (χ4n) is 2.81. The molecular formula is C21H16Cl2N4O2S2. The van der Waals surface area contributed by atoms with Gasteiger partial charge in [-0.2, -0.15) is 4.98 Å². The van der Waals surface area contributed by atoms with E-state index in [2.05, 4.69) is 20.4 Å². The average Bonchev–Trinajstić information content (AvgIpc) is 3.38. The first-order valence-electron chi connectivity index (χ1n) is 9.19. The van der Waals surface area contributed by atoms with Crippen LogP contribution in [0.25, 0.3) is 0 Å². The first kappa shape index (κ1) is 21.8. The Morgan fingerprint density at radius 1 is 1.19 bits per heavy atom. The summed E-state index contributed by atoms with van der Waals surface area (Å²) >= 11 is 15.2. The number of halogens is 2. The number of thioether (sulfide) groups is 1. The number of hydrogen-bond acceptors (Lipinski definition) is 7. The van der Waals surface area contributed by atoms with Crippen molar-refractivity contribution in [2.24, 2.45) is 0 Å². The molecular weight excluding hydrogens is 475 g/mol. The van der Waals surface area contributed by atoms with Crippen LogP contribution in [0.2, 0.25) is 10.0 Å². The number of amides is 1. The number of rotatable bonds is 7. The molecule has 0 fully saturated rings. The van der Waals surface area contributed by atoms with Crippen molar-refractivity contribution in [3.63, 3.8) is 0 Å². The van der Waals surface area contributed by atoms with Gasteiger partial charge in [0.25, 0.3) is 5.91 Å². The van der Waals surface area contributed by atoms with Crippen LogP contribution in [0.1, 0.15) is 32.5 Å². The van der Waals surface area contributed by atoms with Gasteiger partial charge in [0.15, 0.2) is 11.0 Å². The van der Waals surface area contributed by atoms with Crippen molar-refractivity contribution in [2.45, 2.75) is 24.0 Å². The summed E-state index contributed by atoms with van der Waals surface area (Å²) in [6.45, 7) is 1.74. The molecule has 2 heterocycles. The largest absolute Gasteiger partial charge is 0.340 e. The van der Waals surface area contributed by atoms with Gasteiger partial charge in [0, 0.05) is 29.3 Å². The maximum absolute atomic E-state index is 12.9. The topological polar surface area (TPSA) is 80.9 Å². The number of benzene rings is 2. The van der Waals surface area contributed by atoms with E-state index in [9.17, 15) is 4.79 Å². The van der Waals surface area contributed by atoms with Gasteiger partial charge in [0.05, 0.1) is 21.4 Å². The van der Waals surface area contributed by atoms with E-state index in [-0.39, 0.29) is 5.91 Å². The highest BCUT2D eigenvalue weighted by atomic mass is 35.5. The molecule has 2 aromatic carbocycles. The van der Waals surface area contributed by atoms with Crippen molar-refractivity contribution in [1.29, 1.82) is 0 Å². The first-order chi connectivity index (χ1) is 15.0. The van der Waals surface area contributed by atoms with Gasteiger partial charge in [0.2, 0.25) is 5.89 Å². The van der Waals surface area contributed by atoms with Crippen LogP contribution in [-0.4, -0.2) is 21.0 Å². The molecule has 0 aliphatic heterocycles. The van der Waals surface area contributed by atoms with Gasteiger partial charge in [-0.1, -0.05) is 52.6 Å². The highest BCUT2D eigenvalue weighted by Gasteiger charge is 2.15. The second-order valence-corrected chi connectivity index (χ2v) is 9.41. The summed E-state index contributed by atoms with van der Waals surface area (Å²) in [7, 11) is 0. The molecule has 0 unspecified atom stereocenters. The van der Waals surface area contributed by atoms with Crippen molar-refractivity contribution >= 4 is 57.3 Å². The molecule has 0 bridgehead atoms. The van der Waals surface area contributed by atoms with E-state index >= 15 is 0 Å². The number of hydrogen-bond donors (Lipinski definition) is 1. The molecule has 31 heavy (non-hydrogen) atoms. The van der Waals surface area contributed by atoms with E-state index in [4.69, 9.17) is 27.7 Å². The van der Waals surface area contributed by atoms with E-state index < -0.39 is 0 Å². The molecule has 0 aliphatic rings. The molecule has 0 saturated carbocycles. The second-order valence-electron chi connectivity index (χ2n) is 6.49. The minimum atomic E-state index is -0.228. The normalized spacial score (nSPS) is 10.9. The van der Waals surface area contributed by atoms with E-state index in [0.29, 0.717) is 44.6 Å². The minimum Gasteiger partial charge on any atom is -0.340 e. The van der Waals surface area contributed by atoms with Gasteiger partial charge in [-0.25, -0.2) is 4.98 Å². The van der Waals surface area contributed by atoms with Crippen LogP contribution in [0.4, 0.5) is 5.13 Å². The summed E-state index contributed by atoms with van der Waals surface area (Å²) in [5.41, 5.74) is 1.47. The third kappa shape index (κ3) is 5.46. The van der Waals surface area contributed by atoms with Crippen LogP contribution < -0.4 is 5.32 Å². The van der Waals surface area contributed by atoms with Gasteiger partial charge in [-0.05, 0) is 23.8 Å². The van der Waals surface area contributed by atoms with E-state index in [0.717, 1.165) is 15.3 Å². The fourth-order valence-corrected chi connectivity index (χ4v) is 4.92. The average molecular weight is 491 g/mol. The highest BCUT2D eigenvalue weighted by Crippen LogP contribution is 2.30. The van der Waals surface area contributed by atoms with Crippen LogP contribution >= 0.6 is 46.3 Å². The Balaban J connectivity index is 1.43. The quantitative estimate of drug-likeness (QED) is 0.307. The number of carbonyl (C=O) groups excluding carboxylic acids is 1. The van der Waals surface area contributed by atoms with E-state index in [1.807, 2.05) is 30.3 Å². The molecule has 0 saturated heterocycles. The third-order valence-electron chi connectivity index (χ3n) is 4.23. The Kier molecular flexibility index (Phi) is 6.92. The lowest BCUT2D eigenvalue weighted by Gasteiger charge is -2.07. The Morgan fingerprint density at radius 3 is 2.84 bits per heavy atom. The second kappa shape index (κ2) is 9.82. The first-order valence-corrected chi connectivity index (χ1v) is 11.8. The van der Waals surface area contributed by atoms with E-state index in [1.165, 1.54) is 23.1 Å². The number of aryl methyl sites for hydroxylation is 1. The Hall–Kier alpha value is -2.39. The molecule has 0 aliphatic carbocycles. The molecule has 0 atom stereocenters. The van der Waals surface area contributed by atoms with Crippen molar-refractivity contribution in [3.05, 3.63) is 86.4 Å². The summed E-state index contributed by atoms with van der Waals surface area (Å²) < 4.78 is 4.99. The number of aromatic nitrogens is 3. The Labute approximate surface area is 197 Å². The Bertz CT molecular complexity index is 1230. The predicted octanol–water partition coefficient (Wildman–Crippen LogP) is 6.28. The van der Waals surface area contributed by atoms with Crippen LogP contribution in [-0.2, 0) is 12.2 Å². The summed E-state index contributed by atoms with van der Waals surface area (Å²) in [5, 5.41) is 8.34. The smallest absolute Gasteiger partial charge is 0.258 e. The number of carbonyl (C=O) groups is 1. The monoisotopic (exact) mass is 490 g/mol. The molecule has 10 heteroatoms. The summed E-state index contributed by atoms with van der Waals surface area (Å²) in [6, 6.07) is 12.9. The lowest BCUT2D eigenvalue weighted by atomic mass is 10.1. The zero-order valence-corrected chi connectivity index (χ0v) is 19.4. The molecule has 1 amide bonds. The molecule has 4 rings (SSSR count). The van der Waals surface area contributed by atoms with Crippen LogP contribution in [0.3, 0.4) is 0 Å². The van der Waals surface area contributed by atoms with Gasteiger partial charge in [0.1, 0.15) is 0 Å². The molecule has 1 N–H and O–H groups in total. The van der Waals surface area contributed by atoms with Crippen molar-refractivity contribution < 1.29 is 9.32 Å². The summed E-state index contributed by atoms with van der Waals surface area (Å²) in [4.78, 5) is 23.2. The number of anilines is 1. The lowest BCUT2D eigenvalue weighted by molar-refractivity contribution is 0.102. The molecule has 158 valence electrons. The molecule has 4 aromatic rings. The minimum absolute atomic E-state index is 0.228. The van der Waals surface area contributed by atoms with Gasteiger partial charge in [-0.3, -0.25) is 10.1 Å². The van der Waals surface area contributed by atoms with Crippen molar-refractivity contribution in [2.75, 3.05) is 5.32 Å². The lowest BCUT2D eigenvalue weighted by Crippen LogP contribution is -2.12. The zero-order chi connectivity index (χ0) is 21.8. The molecule has 6 nitrogen and oxygen atoms in total. The maximum Gasteiger partial charge on any atom is 0.258 e. The number of thiazole rings is 1. The van der Waals surface area contributed by atoms with Crippen LogP contribution in [0.15, 0.2) is 58.1 Å². The number of nitrogens with zero attached hydrogens (tertiary/aromatic N) is 3. The standard InChI is InChI=1S/C21H16Cl2N4O2S2/c1-12-25-18(27-29-12)11-30-17-8-3-2-6-15(17)20(28)26-21-24-10-14(31-21)9-13-5-4-7-16(22)19(13)23/h2-8,10H,9,11H2,1H3,(H,24,26,28). The predicted molar refractivity (Wildman–Crippen MR) is 124 cm³/mol. The van der Waals surface area contributed by atoms with Gasteiger partial charge < -0.3 is 4.52 Å².